The maximum Gasteiger partial charge on any atom is 0.122 e. The van der Waals surface area contributed by atoms with E-state index in [1.807, 2.05) is 18.2 Å². The lowest BCUT2D eigenvalue weighted by molar-refractivity contribution is 0.252. The van der Waals surface area contributed by atoms with Gasteiger partial charge < -0.3 is 9.84 Å². The highest BCUT2D eigenvalue weighted by molar-refractivity contribution is 5.35. The van der Waals surface area contributed by atoms with Gasteiger partial charge in [0.2, 0.25) is 0 Å². The molecular weight excluding hydrogens is 188 g/mol. The van der Waals surface area contributed by atoms with Crippen LogP contribution >= 0.6 is 0 Å². The third-order valence-electron chi connectivity index (χ3n) is 2.35. The lowest BCUT2D eigenvalue weighted by Gasteiger charge is -2.13. The fraction of sp³-hybridized carbons (Fsp3) is 0.538. The molecule has 0 bridgehead atoms. The van der Waals surface area contributed by atoms with Crippen molar-refractivity contribution >= 4 is 0 Å². The summed E-state index contributed by atoms with van der Waals surface area (Å²) in [4.78, 5) is 0. The highest BCUT2D eigenvalue weighted by Gasteiger charge is 2.05. The molecule has 1 aromatic rings. The Hall–Kier alpha value is -1.02. The summed E-state index contributed by atoms with van der Waals surface area (Å²) >= 11 is 0. The van der Waals surface area contributed by atoms with Crippen LogP contribution in [-0.2, 0) is 0 Å². The number of aliphatic hydroxyl groups is 1. The van der Waals surface area contributed by atoms with Crippen molar-refractivity contribution < 1.29 is 9.84 Å². The first-order chi connectivity index (χ1) is 7.25. The highest BCUT2D eigenvalue weighted by atomic mass is 16.5. The zero-order valence-electron chi connectivity index (χ0n) is 9.57. The lowest BCUT2D eigenvalue weighted by Crippen LogP contribution is -2.01. The molecular formula is C13H20O2. The largest absolute Gasteiger partial charge is 0.493 e. The second-order valence-electron chi connectivity index (χ2n) is 3.97. The Balaban J connectivity index is 2.52. The molecule has 15 heavy (non-hydrogen) atoms. The molecule has 1 rings (SSSR count). The quantitative estimate of drug-likeness (QED) is 0.728. The maximum atomic E-state index is 8.65. The summed E-state index contributed by atoms with van der Waals surface area (Å²) in [6, 6.07) is 8.14. The molecule has 0 fully saturated rings. The third kappa shape index (κ3) is 3.92. The van der Waals surface area contributed by atoms with Crippen molar-refractivity contribution in [1.29, 1.82) is 0 Å². The first-order valence-electron chi connectivity index (χ1n) is 5.58. The van der Waals surface area contributed by atoms with Gasteiger partial charge in [0.1, 0.15) is 5.75 Å². The summed E-state index contributed by atoms with van der Waals surface area (Å²) < 4.78 is 5.69. The molecule has 0 radical (unpaired) electrons. The molecule has 0 aliphatic carbocycles. The minimum atomic E-state index is 0.245. The third-order valence-corrected chi connectivity index (χ3v) is 2.35. The molecule has 2 heteroatoms. The van der Waals surface area contributed by atoms with Crippen molar-refractivity contribution in [3.05, 3.63) is 29.8 Å². The number of para-hydroxylation sites is 1. The maximum absolute atomic E-state index is 8.65. The molecule has 1 aromatic carbocycles. The van der Waals surface area contributed by atoms with Crippen molar-refractivity contribution in [2.75, 3.05) is 13.2 Å². The molecule has 0 aromatic heterocycles. The SMILES string of the molecule is CC(C)c1ccccc1OCCCCO. The van der Waals surface area contributed by atoms with Crippen molar-refractivity contribution in [2.24, 2.45) is 0 Å². The Morgan fingerprint density at radius 1 is 1.20 bits per heavy atom. The van der Waals surface area contributed by atoms with E-state index in [0.717, 1.165) is 18.6 Å². The number of hydrogen-bond donors (Lipinski definition) is 1. The van der Waals surface area contributed by atoms with Gasteiger partial charge >= 0.3 is 0 Å². The second-order valence-corrected chi connectivity index (χ2v) is 3.97. The lowest BCUT2D eigenvalue weighted by atomic mass is 10.0. The van der Waals surface area contributed by atoms with Gasteiger partial charge in [-0.05, 0) is 30.4 Å². The summed E-state index contributed by atoms with van der Waals surface area (Å²) in [5.74, 6) is 1.46. The van der Waals surface area contributed by atoms with Crippen LogP contribution < -0.4 is 4.74 Å². The van der Waals surface area contributed by atoms with Crippen LogP contribution in [-0.4, -0.2) is 18.3 Å². The van der Waals surface area contributed by atoms with E-state index in [0.29, 0.717) is 12.5 Å². The van der Waals surface area contributed by atoms with Crippen LogP contribution in [0.2, 0.25) is 0 Å². The molecule has 0 amide bonds. The minimum absolute atomic E-state index is 0.245. The fourth-order valence-corrected chi connectivity index (χ4v) is 1.48. The number of rotatable bonds is 6. The minimum Gasteiger partial charge on any atom is -0.493 e. The summed E-state index contributed by atoms with van der Waals surface area (Å²) in [6.45, 7) is 5.26. The molecule has 0 saturated heterocycles. The first kappa shape index (κ1) is 12.1. The van der Waals surface area contributed by atoms with Gasteiger partial charge in [0, 0.05) is 6.61 Å². The van der Waals surface area contributed by atoms with E-state index in [2.05, 4.69) is 19.9 Å². The Kier molecular flexibility index (Phi) is 5.19. The first-order valence-corrected chi connectivity index (χ1v) is 5.58. The molecule has 0 atom stereocenters. The zero-order valence-corrected chi connectivity index (χ0v) is 9.57. The van der Waals surface area contributed by atoms with E-state index >= 15 is 0 Å². The van der Waals surface area contributed by atoms with E-state index in [1.165, 1.54) is 5.56 Å². The number of aliphatic hydroxyl groups excluding tert-OH is 1. The highest BCUT2D eigenvalue weighted by Crippen LogP contribution is 2.25. The average Bonchev–Trinajstić information content (AvgIpc) is 2.25. The van der Waals surface area contributed by atoms with E-state index < -0.39 is 0 Å². The van der Waals surface area contributed by atoms with E-state index in [-0.39, 0.29) is 6.61 Å². The van der Waals surface area contributed by atoms with Gasteiger partial charge in [-0.2, -0.15) is 0 Å². The molecule has 0 aliphatic rings. The van der Waals surface area contributed by atoms with Gasteiger partial charge in [0.15, 0.2) is 0 Å². The molecule has 2 nitrogen and oxygen atoms in total. The summed E-state index contributed by atoms with van der Waals surface area (Å²) in [6.07, 6.45) is 1.72. The number of ether oxygens (including phenoxy) is 1. The fourth-order valence-electron chi connectivity index (χ4n) is 1.48. The summed E-state index contributed by atoms with van der Waals surface area (Å²) in [7, 11) is 0. The van der Waals surface area contributed by atoms with Crippen molar-refractivity contribution in [1.82, 2.24) is 0 Å². The molecule has 0 spiro atoms. The van der Waals surface area contributed by atoms with Crippen LogP contribution in [0.1, 0.15) is 38.2 Å². The predicted octanol–water partition coefficient (Wildman–Crippen LogP) is 2.96. The second kappa shape index (κ2) is 6.46. The van der Waals surface area contributed by atoms with Crippen LogP contribution in [0.4, 0.5) is 0 Å². The Bertz CT molecular complexity index is 282. The van der Waals surface area contributed by atoms with Gasteiger partial charge in [-0.15, -0.1) is 0 Å². The van der Waals surface area contributed by atoms with E-state index in [1.54, 1.807) is 0 Å². The topological polar surface area (TPSA) is 29.5 Å². The summed E-state index contributed by atoms with van der Waals surface area (Å²) in [5.41, 5.74) is 1.25. The zero-order chi connectivity index (χ0) is 11.1. The van der Waals surface area contributed by atoms with Gasteiger partial charge in [0.25, 0.3) is 0 Å². The molecule has 0 unspecified atom stereocenters. The molecule has 0 heterocycles. The number of unbranched alkanes of at least 4 members (excludes halogenated alkanes) is 1. The molecule has 0 aliphatic heterocycles. The van der Waals surface area contributed by atoms with Crippen molar-refractivity contribution in [3.8, 4) is 5.75 Å². The van der Waals surface area contributed by atoms with E-state index in [9.17, 15) is 0 Å². The van der Waals surface area contributed by atoms with Crippen LogP contribution in [0.3, 0.4) is 0 Å². The Morgan fingerprint density at radius 2 is 1.93 bits per heavy atom. The van der Waals surface area contributed by atoms with Gasteiger partial charge in [-0.3, -0.25) is 0 Å². The Morgan fingerprint density at radius 3 is 2.60 bits per heavy atom. The van der Waals surface area contributed by atoms with Crippen LogP contribution in [0, 0.1) is 0 Å². The van der Waals surface area contributed by atoms with Gasteiger partial charge in [-0.25, -0.2) is 0 Å². The van der Waals surface area contributed by atoms with Crippen LogP contribution in [0.25, 0.3) is 0 Å². The molecule has 0 saturated carbocycles. The van der Waals surface area contributed by atoms with Gasteiger partial charge in [0.05, 0.1) is 6.61 Å². The summed E-state index contributed by atoms with van der Waals surface area (Å²) in [5, 5.41) is 8.65. The molecule has 84 valence electrons. The smallest absolute Gasteiger partial charge is 0.122 e. The normalized spacial score (nSPS) is 10.7. The van der Waals surface area contributed by atoms with E-state index in [4.69, 9.17) is 9.84 Å². The number of hydrogen-bond acceptors (Lipinski definition) is 2. The van der Waals surface area contributed by atoms with Crippen molar-refractivity contribution in [2.45, 2.75) is 32.6 Å². The predicted molar refractivity (Wildman–Crippen MR) is 62.3 cm³/mol. The standard InChI is InChI=1S/C13H20O2/c1-11(2)12-7-3-4-8-13(12)15-10-6-5-9-14/h3-4,7-8,11,14H,5-6,9-10H2,1-2H3. The average molecular weight is 208 g/mol. The monoisotopic (exact) mass is 208 g/mol. The van der Waals surface area contributed by atoms with Crippen LogP contribution in [0.5, 0.6) is 5.75 Å². The Labute approximate surface area is 91.9 Å². The molecule has 1 N–H and O–H groups in total. The number of benzene rings is 1. The van der Waals surface area contributed by atoms with Gasteiger partial charge in [-0.1, -0.05) is 32.0 Å². The van der Waals surface area contributed by atoms with Crippen LogP contribution in [0.15, 0.2) is 24.3 Å². The van der Waals surface area contributed by atoms with Crippen molar-refractivity contribution in [3.63, 3.8) is 0 Å².